The molecule has 0 radical (unpaired) electrons. The molecule has 1 N–H and O–H groups in total. The van der Waals surface area contributed by atoms with Gasteiger partial charge in [0.05, 0.1) is 22.7 Å². The highest BCUT2D eigenvalue weighted by Gasteiger charge is 2.48. The lowest BCUT2D eigenvalue weighted by Gasteiger charge is -2.39. The lowest BCUT2D eigenvalue weighted by atomic mass is 9.87. The van der Waals surface area contributed by atoms with E-state index in [9.17, 15) is 22.8 Å². The van der Waals surface area contributed by atoms with Gasteiger partial charge in [0.15, 0.2) is 0 Å². The first-order valence-electron chi connectivity index (χ1n) is 11.9. The summed E-state index contributed by atoms with van der Waals surface area (Å²) in [7, 11) is 0. The molecule has 190 valence electrons. The lowest BCUT2D eigenvalue weighted by Crippen LogP contribution is -2.53. The number of fused-ring (bicyclic) bond motifs is 1. The molecule has 2 fully saturated rings. The van der Waals surface area contributed by atoms with E-state index in [1.54, 1.807) is 12.1 Å². The van der Waals surface area contributed by atoms with Crippen LogP contribution in [0.4, 0.5) is 19.0 Å². The summed E-state index contributed by atoms with van der Waals surface area (Å²) in [5.74, 6) is 0.809. The van der Waals surface area contributed by atoms with Crippen molar-refractivity contribution in [1.29, 1.82) is 5.26 Å². The van der Waals surface area contributed by atoms with Gasteiger partial charge in [0.25, 0.3) is 5.56 Å². The van der Waals surface area contributed by atoms with E-state index in [0.29, 0.717) is 57.7 Å². The number of anilines is 1. The Labute approximate surface area is 205 Å². The van der Waals surface area contributed by atoms with E-state index in [1.807, 2.05) is 27.9 Å². The van der Waals surface area contributed by atoms with Gasteiger partial charge >= 0.3 is 6.18 Å². The number of piperazine rings is 1. The van der Waals surface area contributed by atoms with E-state index in [1.165, 1.54) is 6.20 Å². The minimum Gasteiger partial charge on any atom is -0.353 e. The highest BCUT2D eigenvalue weighted by atomic mass is 19.4. The SMILES string of the molecule is C[C@]1(C(=O)N2CCN(c3ccc(C#N)cn3)CC2)CCN([C@@H]2CCc3c2n[nH]c(=O)c3C(F)(F)F)C1. The number of aromatic amines is 1. The molecule has 2 aromatic heterocycles. The Morgan fingerprint density at radius 2 is 1.97 bits per heavy atom. The minimum atomic E-state index is -4.74. The summed E-state index contributed by atoms with van der Waals surface area (Å²) in [4.78, 5) is 35.6. The zero-order valence-electron chi connectivity index (χ0n) is 19.8. The molecule has 2 aromatic rings. The second kappa shape index (κ2) is 8.89. The fraction of sp³-hybridized carbons (Fsp3) is 0.542. The van der Waals surface area contributed by atoms with E-state index >= 15 is 0 Å². The molecule has 1 aliphatic carbocycles. The van der Waals surface area contributed by atoms with Gasteiger partial charge in [0.1, 0.15) is 17.5 Å². The molecule has 0 bridgehead atoms. The maximum atomic E-state index is 13.5. The second-order valence-electron chi connectivity index (χ2n) is 9.92. The Hall–Kier alpha value is -3.46. The monoisotopic (exact) mass is 501 g/mol. The van der Waals surface area contributed by atoms with Crippen molar-refractivity contribution < 1.29 is 18.0 Å². The van der Waals surface area contributed by atoms with Gasteiger partial charge in [0, 0.05) is 38.9 Å². The van der Waals surface area contributed by atoms with Crippen LogP contribution < -0.4 is 10.5 Å². The van der Waals surface area contributed by atoms with Crippen LogP contribution in [0.25, 0.3) is 0 Å². The Morgan fingerprint density at radius 1 is 1.22 bits per heavy atom. The average Bonchev–Trinajstić information content (AvgIpc) is 3.47. The van der Waals surface area contributed by atoms with Crippen LogP contribution in [-0.2, 0) is 17.4 Å². The first-order chi connectivity index (χ1) is 17.1. The van der Waals surface area contributed by atoms with Gasteiger partial charge in [-0.25, -0.2) is 10.1 Å². The zero-order valence-corrected chi connectivity index (χ0v) is 19.8. The highest BCUT2D eigenvalue weighted by molar-refractivity contribution is 5.83. The number of carbonyl (C=O) groups excluding carboxylic acids is 1. The van der Waals surface area contributed by atoms with Crippen molar-refractivity contribution in [2.75, 3.05) is 44.2 Å². The van der Waals surface area contributed by atoms with Gasteiger partial charge in [-0.15, -0.1) is 0 Å². The quantitative estimate of drug-likeness (QED) is 0.686. The number of aromatic nitrogens is 3. The second-order valence-corrected chi connectivity index (χ2v) is 9.92. The summed E-state index contributed by atoms with van der Waals surface area (Å²) in [6, 6.07) is 5.22. The first kappa shape index (κ1) is 24.2. The van der Waals surface area contributed by atoms with Crippen LogP contribution in [0.5, 0.6) is 0 Å². The number of alkyl halides is 3. The smallest absolute Gasteiger partial charge is 0.353 e. The molecule has 2 saturated heterocycles. The van der Waals surface area contributed by atoms with Crippen LogP contribution in [0, 0.1) is 16.7 Å². The van der Waals surface area contributed by atoms with Crippen molar-refractivity contribution in [3.8, 4) is 6.07 Å². The number of nitrogens with one attached hydrogen (secondary N) is 1. The van der Waals surface area contributed by atoms with Crippen LogP contribution in [0.2, 0.25) is 0 Å². The fourth-order valence-electron chi connectivity index (χ4n) is 5.70. The molecule has 12 heteroatoms. The number of halogens is 3. The number of carbonyl (C=O) groups is 1. The number of hydrogen-bond acceptors (Lipinski definition) is 7. The molecule has 2 aliphatic heterocycles. The van der Waals surface area contributed by atoms with Crippen molar-refractivity contribution in [3.63, 3.8) is 0 Å². The first-order valence-corrected chi connectivity index (χ1v) is 11.9. The number of H-pyrrole nitrogens is 1. The maximum Gasteiger partial charge on any atom is 0.422 e. The topological polar surface area (TPSA) is 109 Å². The Kier molecular flexibility index (Phi) is 5.98. The number of amides is 1. The molecule has 1 amide bonds. The number of hydrogen-bond donors (Lipinski definition) is 1. The predicted octanol–water partition coefficient (Wildman–Crippen LogP) is 2.10. The molecule has 9 nitrogen and oxygen atoms in total. The normalized spacial score (nSPS) is 24.6. The molecule has 0 spiro atoms. The van der Waals surface area contributed by atoms with Gasteiger partial charge in [-0.05, 0) is 50.4 Å². The summed E-state index contributed by atoms with van der Waals surface area (Å²) in [6.07, 6.45) is -2.03. The Bertz CT molecular complexity index is 1260. The zero-order chi connectivity index (χ0) is 25.7. The third-order valence-electron chi connectivity index (χ3n) is 7.61. The Morgan fingerprint density at radius 3 is 2.61 bits per heavy atom. The van der Waals surface area contributed by atoms with Gasteiger partial charge in [-0.1, -0.05) is 0 Å². The van der Waals surface area contributed by atoms with E-state index in [2.05, 4.69) is 15.0 Å². The molecule has 0 unspecified atom stereocenters. The summed E-state index contributed by atoms with van der Waals surface area (Å²) >= 11 is 0. The average molecular weight is 502 g/mol. The number of pyridine rings is 1. The van der Waals surface area contributed by atoms with E-state index in [0.717, 1.165) is 5.82 Å². The fourth-order valence-corrected chi connectivity index (χ4v) is 5.70. The number of nitrogens with zero attached hydrogens (tertiary/aromatic N) is 6. The summed E-state index contributed by atoms with van der Waals surface area (Å²) < 4.78 is 40.4. The van der Waals surface area contributed by atoms with Crippen LogP contribution in [-0.4, -0.2) is 70.2 Å². The third-order valence-corrected chi connectivity index (χ3v) is 7.61. The molecule has 36 heavy (non-hydrogen) atoms. The van der Waals surface area contributed by atoms with Crippen LogP contribution in [0.15, 0.2) is 23.1 Å². The third kappa shape index (κ3) is 4.21. The largest absolute Gasteiger partial charge is 0.422 e. The minimum absolute atomic E-state index is 0.0243. The molecule has 2 atom stereocenters. The summed E-state index contributed by atoms with van der Waals surface area (Å²) in [6.45, 7) is 5.25. The van der Waals surface area contributed by atoms with Crippen molar-refractivity contribution in [1.82, 2.24) is 25.0 Å². The molecule has 0 saturated carbocycles. The van der Waals surface area contributed by atoms with Gasteiger partial charge in [-0.2, -0.15) is 23.5 Å². The number of likely N-dealkylation sites (tertiary alicyclic amines) is 1. The van der Waals surface area contributed by atoms with E-state index in [-0.39, 0.29) is 29.6 Å². The summed E-state index contributed by atoms with van der Waals surface area (Å²) in [5.41, 5.74) is -2.27. The van der Waals surface area contributed by atoms with E-state index in [4.69, 9.17) is 5.26 Å². The number of nitriles is 1. The maximum absolute atomic E-state index is 13.5. The Balaban J connectivity index is 1.25. The lowest BCUT2D eigenvalue weighted by molar-refractivity contribution is -0.141. The molecular weight excluding hydrogens is 475 g/mol. The predicted molar refractivity (Wildman–Crippen MR) is 123 cm³/mol. The van der Waals surface area contributed by atoms with Gasteiger partial charge < -0.3 is 9.80 Å². The molecule has 5 rings (SSSR count). The van der Waals surface area contributed by atoms with Crippen molar-refractivity contribution in [3.05, 3.63) is 51.1 Å². The van der Waals surface area contributed by atoms with Gasteiger partial charge in [-0.3, -0.25) is 14.5 Å². The van der Waals surface area contributed by atoms with Crippen molar-refractivity contribution in [2.45, 2.75) is 38.4 Å². The van der Waals surface area contributed by atoms with E-state index < -0.39 is 22.7 Å². The number of rotatable bonds is 3. The highest BCUT2D eigenvalue weighted by Crippen LogP contribution is 2.44. The summed E-state index contributed by atoms with van der Waals surface area (Å²) in [5, 5.41) is 15.0. The van der Waals surface area contributed by atoms with Crippen molar-refractivity contribution >= 4 is 11.7 Å². The standard InChI is InChI=1S/C24H26F3N7O2/c1-23(22(36)33-10-8-32(9-11-33)18-5-2-15(12-28)13-29-18)6-7-34(14-23)17-4-3-16-19(24(25,26)27)21(35)31-30-20(16)17/h2,5,13,17H,3-4,6-11,14H2,1H3,(H,31,35)/t17-,23+/m1/s1. The van der Waals surface area contributed by atoms with Crippen LogP contribution in [0.3, 0.4) is 0 Å². The van der Waals surface area contributed by atoms with Crippen LogP contribution in [0.1, 0.15) is 48.2 Å². The van der Waals surface area contributed by atoms with Gasteiger partial charge in [0.2, 0.25) is 5.91 Å². The molecule has 0 aromatic carbocycles. The van der Waals surface area contributed by atoms with Crippen LogP contribution >= 0.6 is 0 Å². The molecule has 4 heterocycles. The molecular formula is C24H26F3N7O2. The van der Waals surface area contributed by atoms with Crippen molar-refractivity contribution in [2.24, 2.45) is 5.41 Å². The molecule has 3 aliphatic rings.